The normalized spacial score (nSPS) is 12.9. The Morgan fingerprint density at radius 2 is 1.78 bits per heavy atom. The number of aromatic nitrogens is 2. The highest BCUT2D eigenvalue weighted by molar-refractivity contribution is 6.12. The molecule has 0 amide bonds. The third-order valence-corrected chi connectivity index (χ3v) is 5.17. The zero-order valence-electron chi connectivity index (χ0n) is 16.3. The third-order valence-electron chi connectivity index (χ3n) is 5.17. The van der Waals surface area contributed by atoms with E-state index in [9.17, 15) is 14.7 Å². The number of carbonyl (C=O) groups is 1. The van der Waals surface area contributed by atoms with Gasteiger partial charge in [-0.1, -0.05) is 39.2 Å². The lowest BCUT2D eigenvalue weighted by atomic mass is 9.91. The second kappa shape index (κ2) is 7.51. The van der Waals surface area contributed by atoms with Gasteiger partial charge < -0.3 is 9.67 Å². The lowest BCUT2D eigenvalue weighted by Gasteiger charge is -2.22. The molecule has 0 saturated heterocycles. The van der Waals surface area contributed by atoms with E-state index >= 15 is 0 Å². The minimum absolute atomic E-state index is 0.0156. The Bertz CT molecular complexity index is 1080. The number of pyridine rings is 2. The average Bonchev–Trinajstić information content (AvgIpc) is 2.60. The van der Waals surface area contributed by atoms with Crippen LogP contribution in [-0.2, 0) is 6.54 Å². The second-order valence-corrected chi connectivity index (χ2v) is 7.29. The molecule has 5 nitrogen and oxygen atoms in total. The zero-order chi connectivity index (χ0) is 19.7. The molecule has 0 aliphatic heterocycles. The number of aliphatic hydroxyl groups is 1. The molecule has 0 radical (unpaired) electrons. The van der Waals surface area contributed by atoms with Gasteiger partial charge in [-0.25, -0.2) is 4.98 Å². The van der Waals surface area contributed by atoms with Gasteiger partial charge in [-0.15, -0.1) is 0 Å². The number of aliphatic hydroxyl groups excluding tert-OH is 1. The van der Waals surface area contributed by atoms with Gasteiger partial charge in [-0.05, 0) is 37.5 Å². The minimum atomic E-state index is -0.319. The first-order valence-electron chi connectivity index (χ1n) is 9.56. The fraction of sp³-hybridized carbons (Fsp3) is 0.409. The highest BCUT2D eigenvalue weighted by atomic mass is 16.3. The number of ketones is 1. The molecule has 27 heavy (non-hydrogen) atoms. The smallest absolute Gasteiger partial charge is 0.251 e. The second-order valence-electron chi connectivity index (χ2n) is 7.29. The van der Waals surface area contributed by atoms with Crippen LogP contribution in [0.2, 0.25) is 0 Å². The zero-order valence-corrected chi connectivity index (χ0v) is 16.3. The van der Waals surface area contributed by atoms with Gasteiger partial charge in [0.25, 0.3) is 5.56 Å². The van der Waals surface area contributed by atoms with Crippen LogP contribution in [0.3, 0.4) is 0 Å². The third kappa shape index (κ3) is 3.34. The molecule has 2 heterocycles. The molecule has 0 bridgehead atoms. The van der Waals surface area contributed by atoms with Crippen molar-refractivity contribution in [2.24, 2.45) is 0 Å². The van der Waals surface area contributed by atoms with E-state index in [1.54, 1.807) is 13.0 Å². The van der Waals surface area contributed by atoms with Crippen LogP contribution in [0.5, 0.6) is 0 Å². The van der Waals surface area contributed by atoms with Gasteiger partial charge in [0.2, 0.25) is 5.78 Å². The predicted octanol–water partition coefficient (Wildman–Crippen LogP) is 2.50. The summed E-state index contributed by atoms with van der Waals surface area (Å²) in [5.74, 6) is -0.303. The van der Waals surface area contributed by atoms with Crippen LogP contribution in [0.15, 0.2) is 16.9 Å². The Labute approximate surface area is 158 Å². The van der Waals surface area contributed by atoms with Crippen molar-refractivity contribution in [1.29, 1.82) is 0 Å². The monoisotopic (exact) mass is 366 g/mol. The molecule has 0 aromatic carbocycles. The summed E-state index contributed by atoms with van der Waals surface area (Å²) in [4.78, 5) is 30.1. The number of hydrogen-bond acceptors (Lipinski definition) is 4. The number of unbranched alkanes of at least 4 members (excludes halogenated alkanes) is 4. The number of nitrogens with zero attached hydrogens (tertiary/aromatic N) is 2. The first kappa shape index (κ1) is 19.1. The van der Waals surface area contributed by atoms with Crippen LogP contribution in [-0.4, -0.2) is 20.4 Å². The first-order chi connectivity index (χ1) is 12.9. The molecule has 142 valence electrons. The Kier molecular flexibility index (Phi) is 5.31. The standard InChI is InChI=1S/C22H26N2O3/c1-5-6-7-8-9-10-24-16(25)12-14(3)18-20(24)22(27)19-17(21(18)26)13(2)11-15(4)23-19/h11-12,26H,4-10H2,1-3H3. The molecule has 1 aliphatic carbocycles. The number of hydrogen-bond donors (Lipinski definition) is 1. The van der Waals surface area contributed by atoms with Crippen molar-refractivity contribution in [3.63, 3.8) is 0 Å². The fourth-order valence-electron chi connectivity index (χ4n) is 3.84. The molecule has 1 aliphatic rings. The Hall–Kier alpha value is -2.69. The Balaban J connectivity index is 2.18. The summed E-state index contributed by atoms with van der Waals surface area (Å²) in [5, 5.41) is 11.8. The van der Waals surface area contributed by atoms with Crippen molar-refractivity contribution in [2.45, 2.75) is 59.4 Å². The SMILES string of the molecule is C=c1cc(C)c2c(n1)C(=O)c1c(c(C)cc(=O)n1CCCCCCC)C=2O. The molecule has 0 fully saturated rings. The molecule has 2 aromatic heterocycles. The molecule has 0 saturated carbocycles. The quantitative estimate of drug-likeness (QED) is 0.798. The summed E-state index contributed by atoms with van der Waals surface area (Å²) in [7, 11) is 0. The van der Waals surface area contributed by atoms with Crippen LogP contribution in [0.4, 0.5) is 0 Å². The van der Waals surface area contributed by atoms with E-state index < -0.39 is 0 Å². The van der Waals surface area contributed by atoms with Gasteiger partial charge in [-0.2, -0.15) is 0 Å². The van der Waals surface area contributed by atoms with Gasteiger partial charge >= 0.3 is 0 Å². The number of fused-ring (bicyclic) bond motifs is 2. The molecule has 0 unspecified atom stereocenters. The minimum Gasteiger partial charge on any atom is -0.507 e. The van der Waals surface area contributed by atoms with Crippen LogP contribution in [0.25, 0.3) is 12.3 Å². The molecule has 3 rings (SSSR count). The first-order valence-corrected chi connectivity index (χ1v) is 9.56. The van der Waals surface area contributed by atoms with E-state index in [1.807, 2.05) is 6.92 Å². The topological polar surface area (TPSA) is 72.2 Å². The van der Waals surface area contributed by atoms with Gasteiger partial charge in [0.15, 0.2) is 0 Å². The molecule has 5 heteroatoms. The maximum absolute atomic E-state index is 13.2. The van der Waals surface area contributed by atoms with Crippen LogP contribution < -0.4 is 16.1 Å². The molecule has 2 aromatic rings. The maximum Gasteiger partial charge on any atom is 0.251 e. The molecular weight excluding hydrogens is 340 g/mol. The Morgan fingerprint density at radius 1 is 1.07 bits per heavy atom. The van der Waals surface area contributed by atoms with Crippen LogP contribution in [0, 0.1) is 13.8 Å². The highest BCUT2D eigenvalue weighted by Crippen LogP contribution is 2.24. The predicted molar refractivity (Wildman–Crippen MR) is 107 cm³/mol. The van der Waals surface area contributed by atoms with Crippen molar-refractivity contribution in [3.05, 3.63) is 61.1 Å². The summed E-state index contributed by atoms with van der Waals surface area (Å²) in [6.07, 6.45) is 5.24. The van der Waals surface area contributed by atoms with Crippen LogP contribution in [0.1, 0.15) is 71.9 Å². The van der Waals surface area contributed by atoms with Gasteiger partial charge in [0.05, 0.1) is 5.35 Å². The number of carbonyl (C=O) groups excluding carboxylic acids is 1. The summed E-state index contributed by atoms with van der Waals surface area (Å²) in [5.41, 5.74) is 2.01. The fourth-order valence-corrected chi connectivity index (χ4v) is 3.84. The van der Waals surface area contributed by atoms with E-state index in [2.05, 4.69) is 18.5 Å². The molecular formula is C22H26N2O3. The number of aryl methyl sites for hydroxylation is 2. The largest absolute Gasteiger partial charge is 0.507 e. The van der Waals surface area contributed by atoms with Crippen LogP contribution >= 0.6 is 0 Å². The number of rotatable bonds is 6. The van der Waals surface area contributed by atoms with E-state index in [0.717, 1.165) is 37.7 Å². The molecule has 0 atom stereocenters. The van der Waals surface area contributed by atoms with Crippen molar-refractivity contribution in [2.75, 3.05) is 0 Å². The molecule has 0 spiro atoms. The van der Waals surface area contributed by atoms with Gasteiger partial charge in [0, 0.05) is 23.4 Å². The highest BCUT2D eigenvalue weighted by Gasteiger charge is 2.31. The average molecular weight is 366 g/mol. The van der Waals surface area contributed by atoms with Crippen molar-refractivity contribution in [3.8, 4) is 0 Å². The maximum atomic E-state index is 13.2. The lowest BCUT2D eigenvalue weighted by molar-refractivity contribution is 0.102. The van der Waals surface area contributed by atoms with Gasteiger partial charge in [-0.3, -0.25) is 9.59 Å². The lowest BCUT2D eigenvalue weighted by Crippen LogP contribution is -2.38. The van der Waals surface area contributed by atoms with E-state index in [0.29, 0.717) is 28.2 Å². The van der Waals surface area contributed by atoms with E-state index in [4.69, 9.17) is 0 Å². The van der Waals surface area contributed by atoms with Crippen molar-refractivity contribution < 1.29 is 9.90 Å². The van der Waals surface area contributed by atoms with Crippen molar-refractivity contribution >= 4 is 18.1 Å². The Morgan fingerprint density at radius 3 is 2.48 bits per heavy atom. The molecule has 1 N–H and O–H groups in total. The van der Waals surface area contributed by atoms with E-state index in [1.165, 1.54) is 10.6 Å². The van der Waals surface area contributed by atoms with Gasteiger partial charge in [0.1, 0.15) is 17.1 Å². The summed E-state index contributed by atoms with van der Waals surface area (Å²) in [6.45, 7) is 10.0. The summed E-state index contributed by atoms with van der Waals surface area (Å²) in [6, 6.07) is 3.24. The van der Waals surface area contributed by atoms with E-state index in [-0.39, 0.29) is 28.5 Å². The summed E-state index contributed by atoms with van der Waals surface area (Å²) < 4.78 is 1.50. The van der Waals surface area contributed by atoms with Crippen molar-refractivity contribution in [1.82, 2.24) is 9.55 Å². The summed E-state index contributed by atoms with van der Waals surface area (Å²) >= 11 is 0.